The third-order valence-corrected chi connectivity index (χ3v) is 5.23. The van der Waals surface area contributed by atoms with E-state index in [9.17, 15) is 9.59 Å². The minimum absolute atomic E-state index is 0.151. The Morgan fingerprint density at radius 2 is 1.87 bits per heavy atom. The number of hydrogen-bond acceptors (Lipinski definition) is 6. The van der Waals surface area contributed by atoms with Gasteiger partial charge in [0.1, 0.15) is 0 Å². The first-order chi connectivity index (χ1) is 15.1. The van der Waals surface area contributed by atoms with Crippen molar-refractivity contribution in [1.82, 2.24) is 9.78 Å². The summed E-state index contributed by atoms with van der Waals surface area (Å²) in [4.78, 5) is 25.5. The van der Waals surface area contributed by atoms with Crippen LogP contribution in [0.5, 0.6) is 11.5 Å². The number of carbonyl (C=O) groups is 2. The lowest BCUT2D eigenvalue weighted by Crippen LogP contribution is -2.30. The van der Waals surface area contributed by atoms with Crippen molar-refractivity contribution in [3.8, 4) is 17.2 Å². The standard InChI is InChI=1S/C23H21N3O5/c1-14(22(27)24-16-9-10-20-21(11-16)30-13-29-20)31-23(28)19-12-18(15-7-8-15)25-26(19)17-5-3-2-4-6-17/h2-6,9-12,14-15H,7-8,13H2,1H3,(H,24,27)/t14-/m1/s1. The summed E-state index contributed by atoms with van der Waals surface area (Å²) >= 11 is 0. The maximum atomic E-state index is 12.9. The van der Waals surface area contributed by atoms with E-state index in [1.54, 1.807) is 28.9 Å². The van der Waals surface area contributed by atoms with Crippen LogP contribution in [0, 0.1) is 0 Å². The molecule has 3 aromatic rings. The number of aromatic nitrogens is 2. The van der Waals surface area contributed by atoms with Gasteiger partial charge in [0.25, 0.3) is 5.91 Å². The minimum Gasteiger partial charge on any atom is -0.454 e. The monoisotopic (exact) mass is 419 g/mol. The molecule has 1 aromatic heterocycles. The molecule has 8 heteroatoms. The molecule has 8 nitrogen and oxygen atoms in total. The van der Waals surface area contributed by atoms with E-state index in [0.717, 1.165) is 24.2 Å². The molecule has 0 unspecified atom stereocenters. The zero-order valence-electron chi connectivity index (χ0n) is 16.9. The molecule has 1 N–H and O–H groups in total. The molecule has 2 aromatic carbocycles. The van der Waals surface area contributed by atoms with Crippen LogP contribution in [-0.4, -0.2) is 34.6 Å². The van der Waals surface area contributed by atoms with Crippen LogP contribution >= 0.6 is 0 Å². The smallest absolute Gasteiger partial charge is 0.357 e. The third-order valence-electron chi connectivity index (χ3n) is 5.23. The van der Waals surface area contributed by atoms with Gasteiger partial charge in [0.2, 0.25) is 6.79 Å². The second-order valence-electron chi connectivity index (χ2n) is 7.58. The van der Waals surface area contributed by atoms with E-state index in [1.807, 2.05) is 30.3 Å². The van der Waals surface area contributed by atoms with E-state index in [2.05, 4.69) is 10.4 Å². The van der Waals surface area contributed by atoms with Crippen molar-refractivity contribution in [2.75, 3.05) is 12.1 Å². The number of anilines is 1. The van der Waals surface area contributed by atoms with Crippen LogP contribution in [0.4, 0.5) is 5.69 Å². The number of rotatable bonds is 6. The number of esters is 1. The average molecular weight is 419 g/mol. The summed E-state index contributed by atoms with van der Waals surface area (Å²) in [5, 5.41) is 7.34. The zero-order chi connectivity index (χ0) is 21.4. The van der Waals surface area contributed by atoms with Gasteiger partial charge < -0.3 is 19.5 Å². The molecule has 1 amide bonds. The van der Waals surface area contributed by atoms with Crippen LogP contribution < -0.4 is 14.8 Å². The Kier molecular flexibility index (Phi) is 4.82. The van der Waals surface area contributed by atoms with Crippen LogP contribution in [0.1, 0.15) is 41.9 Å². The summed E-state index contributed by atoms with van der Waals surface area (Å²) in [7, 11) is 0. The Hall–Kier alpha value is -3.81. The molecule has 0 spiro atoms. The number of carbonyl (C=O) groups excluding carboxylic acids is 2. The summed E-state index contributed by atoms with van der Waals surface area (Å²) < 4.78 is 17.6. The van der Waals surface area contributed by atoms with Gasteiger partial charge in [-0.25, -0.2) is 9.48 Å². The third kappa shape index (κ3) is 3.96. The molecule has 1 aliphatic carbocycles. The Balaban J connectivity index is 1.31. The number of para-hydroxylation sites is 1. The SMILES string of the molecule is C[C@@H](OC(=O)c1cc(C2CC2)nn1-c1ccccc1)C(=O)Nc1ccc2c(c1)OCO2. The molecule has 1 fully saturated rings. The number of benzene rings is 2. The Morgan fingerprint density at radius 1 is 1.10 bits per heavy atom. The first-order valence-corrected chi connectivity index (χ1v) is 10.2. The predicted octanol–water partition coefficient (Wildman–Crippen LogP) is 3.66. The normalized spacial score (nSPS) is 15.4. The number of nitrogens with one attached hydrogen (secondary N) is 1. The van der Waals surface area contributed by atoms with Crippen LogP contribution in [0.25, 0.3) is 5.69 Å². The quantitative estimate of drug-likeness (QED) is 0.613. The van der Waals surface area contributed by atoms with Crippen molar-refractivity contribution >= 4 is 17.6 Å². The summed E-state index contributed by atoms with van der Waals surface area (Å²) in [6.45, 7) is 1.68. The summed E-state index contributed by atoms with van der Waals surface area (Å²) in [6.07, 6.45) is 1.13. The molecule has 5 rings (SSSR count). The van der Waals surface area contributed by atoms with Gasteiger partial charge in [-0.05, 0) is 50.1 Å². The highest BCUT2D eigenvalue weighted by atomic mass is 16.7. The lowest BCUT2D eigenvalue weighted by molar-refractivity contribution is -0.123. The van der Waals surface area contributed by atoms with Crippen molar-refractivity contribution in [1.29, 1.82) is 0 Å². The minimum atomic E-state index is -0.999. The van der Waals surface area contributed by atoms with E-state index in [4.69, 9.17) is 14.2 Å². The van der Waals surface area contributed by atoms with Gasteiger partial charge in [0.15, 0.2) is 23.3 Å². The van der Waals surface area contributed by atoms with E-state index in [-0.39, 0.29) is 6.79 Å². The fourth-order valence-electron chi connectivity index (χ4n) is 3.38. The summed E-state index contributed by atoms with van der Waals surface area (Å²) in [5.74, 6) is 0.514. The van der Waals surface area contributed by atoms with Gasteiger partial charge in [-0.1, -0.05) is 18.2 Å². The fourth-order valence-corrected chi connectivity index (χ4v) is 3.38. The number of amides is 1. The second kappa shape index (κ2) is 7.79. The molecule has 1 aliphatic heterocycles. The maximum Gasteiger partial charge on any atom is 0.357 e. The molecule has 158 valence electrons. The summed E-state index contributed by atoms with van der Waals surface area (Å²) in [5.41, 5.74) is 2.46. The highest BCUT2D eigenvalue weighted by molar-refractivity contribution is 5.97. The Labute approximate surface area is 178 Å². The first kappa shape index (κ1) is 19.2. The Morgan fingerprint density at radius 3 is 2.65 bits per heavy atom. The molecule has 0 radical (unpaired) electrons. The molecule has 1 saturated carbocycles. The first-order valence-electron chi connectivity index (χ1n) is 10.2. The van der Waals surface area contributed by atoms with Gasteiger partial charge in [-0.15, -0.1) is 0 Å². The van der Waals surface area contributed by atoms with Crippen molar-refractivity contribution < 1.29 is 23.8 Å². The van der Waals surface area contributed by atoms with E-state index < -0.39 is 18.0 Å². The van der Waals surface area contributed by atoms with Crippen molar-refractivity contribution in [3.05, 3.63) is 66.0 Å². The maximum absolute atomic E-state index is 12.9. The highest BCUT2D eigenvalue weighted by Crippen LogP contribution is 2.40. The van der Waals surface area contributed by atoms with Gasteiger partial charge in [0.05, 0.1) is 11.4 Å². The van der Waals surface area contributed by atoms with Crippen LogP contribution in [0.3, 0.4) is 0 Å². The molecular weight excluding hydrogens is 398 g/mol. The fraction of sp³-hybridized carbons (Fsp3) is 0.261. The van der Waals surface area contributed by atoms with E-state index >= 15 is 0 Å². The number of hydrogen-bond donors (Lipinski definition) is 1. The van der Waals surface area contributed by atoms with Crippen LogP contribution in [-0.2, 0) is 9.53 Å². The Bertz CT molecular complexity index is 1140. The van der Waals surface area contributed by atoms with Crippen molar-refractivity contribution in [2.45, 2.75) is 31.8 Å². The highest BCUT2D eigenvalue weighted by Gasteiger charge is 2.30. The molecule has 2 heterocycles. The number of nitrogens with zero attached hydrogens (tertiary/aromatic N) is 2. The van der Waals surface area contributed by atoms with E-state index in [0.29, 0.717) is 28.8 Å². The van der Waals surface area contributed by atoms with E-state index in [1.165, 1.54) is 6.92 Å². The van der Waals surface area contributed by atoms with Crippen LogP contribution in [0.2, 0.25) is 0 Å². The zero-order valence-corrected chi connectivity index (χ0v) is 16.9. The topological polar surface area (TPSA) is 91.7 Å². The van der Waals surface area contributed by atoms with Crippen molar-refractivity contribution in [2.24, 2.45) is 0 Å². The number of ether oxygens (including phenoxy) is 3. The molecule has 2 aliphatic rings. The lowest BCUT2D eigenvalue weighted by atomic mass is 10.2. The predicted molar refractivity (Wildman–Crippen MR) is 112 cm³/mol. The molecular formula is C23H21N3O5. The summed E-state index contributed by atoms with van der Waals surface area (Å²) in [6, 6.07) is 16.2. The van der Waals surface area contributed by atoms with Gasteiger partial charge in [0, 0.05) is 17.7 Å². The van der Waals surface area contributed by atoms with Crippen molar-refractivity contribution in [3.63, 3.8) is 0 Å². The van der Waals surface area contributed by atoms with Gasteiger partial charge in [-0.3, -0.25) is 4.79 Å². The van der Waals surface area contributed by atoms with Gasteiger partial charge in [-0.2, -0.15) is 5.10 Å². The molecule has 0 bridgehead atoms. The van der Waals surface area contributed by atoms with Crippen LogP contribution in [0.15, 0.2) is 54.6 Å². The molecule has 1 atom stereocenters. The van der Waals surface area contributed by atoms with Gasteiger partial charge >= 0.3 is 5.97 Å². The lowest BCUT2D eigenvalue weighted by Gasteiger charge is -2.14. The molecule has 31 heavy (non-hydrogen) atoms. The molecule has 0 saturated heterocycles. The average Bonchev–Trinajstić information content (AvgIpc) is 3.35. The second-order valence-corrected chi connectivity index (χ2v) is 7.58. The largest absolute Gasteiger partial charge is 0.454 e. The number of fused-ring (bicyclic) bond motifs is 1.